The number of hydrogen-bond acceptors (Lipinski definition) is 5. The number of anilines is 2. The summed E-state index contributed by atoms with van der Waals surface area (Å²) >= 11 is 0. The summed E-state index contributed by atoms with van der Waals surface area (Å²) < 4.78 is 0. The van der Waals surface area contributed by atoms with Crippen LogP contribution in [0.3, 0.4) is 0 Å². The van der Waals surface area contributed by atoms with E-state index in [-0.39, 0.29) is 11.4 Å². The molecule has 0 amide bonds. The molecule has 1 heterocycles. The zero-order valence-electron chi connectivity index (χ0n) is 12.1. The normalized spacial score (nSPS) is 20.7. The van der Waals surface area contributed by atoms with Crippen molar-refractivity contribution in [1.82, 2.24) is 4.90 Å². The van der Waals surface area contributed by atoms with Crippen molar-refractivity contribution >= 4 is 17.1 Å². The summed E-state index contributed by atoms with van der Waals surface area (Å²) in [5.74, 6) is 0. The van der Waals surface area contributed by atoms with Crippen LogP contribution in [0.4, 0.5) is 17.1 Å². The maximum absolute atomic E-state index is 10.8. The van der Waals surface area contributed by atoms with Crippen molar-refractivity contribution in [2.75, 3.05) is 37.3 Å². The highest BCUT2D eigenvalue weighted by atomic mass is 16.6. The van der Waals surface area contributed by atoms with E-state index in [1.165, 1.54) is 6.07 Å². The Hall–Kier alpha value is -1.82. The van der Waals surface area contributed by atoms with Crippen LogP contribution in [-0.4, -0.2) is 42.5 Å². The summed E-state index contributed by atoms with van der Waals surface area (Å²) in [7, 11) is 2.14. The van der Waals surface area contributed by atoms with Gasteiger partial charge in [0.1, 0.15) is 5.69 Å². The predicted octanol–water partition coefficient (Wildman–Crippen LogP) is 2.10. The van der Waals surface area contributed by atoms with Crippen LogP contribution in [-0.2, 0) is 0 Å². The van der Waals surface area contributed by atoms with Crippen molar-refractivity contribution in [3.05, 3.63) is 28.3 Å². The fourth-order valence-electron chi connectivity index (χ4n) is 2.82. The fourth-order valence-corrected chi connectivity index (χ4v) is 2.82. The third-order valence-electron chi connectivity index (χ3n) is 3.91. The van der Waals surface area contributed by atoms with Gasteiger partial charge in [0, 0.05) is 30.9 Å². The van der Waals surface area contributed by atoms with Crippen molar-refractivity contribution in [2.45, 2.75) is 25.8 Å². The lowest BCUT2D eigenvalue weighted by Crippen LogP contribution is -2.39. The van der Waals surface area contributed by atoms with Gasteiger partial charge in [0.2, 0.25) is 0 Å². The molecule has 0 spiro atoms. The maximum atomic E-state index is 10.8. The van der Waals surface area contributed by atoms with E-state index < -0.39 is 4.92 Å². The molecule has 1 atom stereocenters. The van der Waals surface area contributed by atoms with Gasteiger partial charge in [-0.1, -0.05) is 6.92 Å². The highest BCUT2D eigenvalue weighted by Gasteiger charge is 2.23. The minimum Gasteiger partial charge on any atom is -0.393 e. The SMILES string of the molecule is CCC1CN(C)CCCN1c1ccc([N+](=O)[O-])c(N)c1. The summed E-state index contributed by atoms with van der Waals surface area (Å²) in [6, 6.07) is 5.46. The Morgan fingerprint density at radius 1 is 1.45 bits per heavy atom. The third-order valence-corrected chi connectivity index (χ3v) is 3.91. The van der Waals surface area contributed by atoms with Crippen LogP contribution in [0.2, 0.25) is 0 Å². The smallest absolute Gasteiger partial charge is 0.292 e. The van der Waals surface area contributed by atoms with Gasteiger partial charge in [-0.2, -0.15) is 0 Å². The Labute approximate surface area is 119 Å². The molecule has 2 N–H and O–H groups in total. The zero-order chi connectivity index (χ0) is 14.7. The van der Waals surface area contributed by atoms with E-state index in [4.69, 9.17) is 5.73 Å². The summed E-state index contributed by atoms with van der Waals surface area (Å²) in [6.45, 7) is 5.22. The molecule has 1 aliphatic rings. The first-order valence-corrected chi connectivity index (χ1v) is 7.02. The lowest BCUT2D eigenvalue weighted by atomic mass is 10.1. The highest BCUT2D eigenvalue weighted by molar-refractivity contribution is 5.67. The van der Waals surface area contributed by atoms with Gasteiger partial charge in [0.05, 0.1) is 4.92 Å². The first-order valence-electron chi connectivity index (χ1n) is 7.02. The van der Waals surface area contributed by atoms with Crippen molar-refractivity contribution < 1.29 is 4.92 Å². The molecule has 1 aromatic rings. The van der Waals surface area contributed by atoms with E-state index in [0.29, 0.717) is 6.04 Å². The van der Waals surface area contributed by atoms with Crippen LogP contribution < -0.4 is 10.6 Å². The Morgan fingerprint density at radius 2 is 2.20 bits per heavy atom. The average molecular weight is 278 g/mol. The molecule has 1 aromatic carbocycles. The van der Waals surface area contributed by atoms with E-state index in [2.05, 4.69) is 23.8 Å². The molecule has 0 aromatic heterocycles. The molecule has 0 aliphatic carbocycles. The molecular weight excluding hydrogens is 256 g/mol. The summed E-state index contributed by atoms with van der Waals surface area (Å²) in [6.07, 6.45) is 2.13. The zero-order valence-corrected chi connectivity index (χ0v) is 12.1. The molecule has 0 bridgehead atoms. The van der Waals surface area contributed by atoms with Gasteiger partial charge in [0.25, 0.3) is 5.69 Å². The van der Waals surface area contributed by atoms with Gasteiger partial charge in [-0.25, -0.2) is 0 Å². The standard InChI is InChI=1S/C14H22N4O2/c1-3-11-10-16(2)7-4-8-17(11)12-5-6-14(18(19)20)13(15)9-12/h5-6,9,11H,3-4,7-8,10,15H2,1-2H3. The van der Waals surface area contributed by atoms with Gasteiger partial charge < -0.3 is 15.5 Å². The van der Waals surface area contributed by atoms with Gasteiger partial charge in [-0.3, -0.25) is 10.1 Å². The highest BCUT2D eigenvalue weighted by Crippen LogP contribution is 2.29. The van der Waals surface area contributed by atoms with Gasteiger partial charge in [-0.05, 0) is 38.6 Å². The van der Waals surface area contributed by atoms with Crippen LogP contribution >= 0.6 is 0 Å². The summed E-state index contributed by atoms with van der Waals surface area (Å²) in [5, 5.41) is 10.8. The van der Waals surface area contributed by atoms with Crippen molar-refractivity contribution in [3.63, 3.8) is 0 Å². The Bertz CT molecular complexity index is 492. The molecule has 110 valence electrons. The number of nitro groups is 1. The Balaban J connectivity index is 2.28. The maximum Gasteiger partial charge on any atom is 0.292 e. The number of likely N-dealkylation sites (N-methyl/N-ethyl adjacent to an activating group) is 1. The molecular formula is C14H22N4O2. The second kappa shape index (κ2) is 6.09. The van der Waals surface area contributed by atoms with Gasteiger partial charge in [-0.15, -0.1) is 0 Å². The molecule has 1 fully saturated rings. The third kappa shape index (κ3) is 3.01. The first-order chi connectivity index (χ1) is 9.52. The van der Waals surface area contributed by atoms with Gasteiger partial charge in [0.15, 0.2) is 0 Å². The number of benzene rings is 1. The number of nitrogens with zero attached hydrogens (tertiary/aromatic N) is 3. The van der Waals surface area contributed by atoms with Crippen LogP contribution in [0.5, 0.6) is 0 Å². The molecule has 0 saturated carbocycles. The van der Waals surface area contributed by atoms with E-state index in [9.17, 15) is 10.1 Å². The van der Waals surface area contributed by atoms with E-state index in [1.807, 2.05) is 6.07 Å². The van der Waals surface area contributed by atoms with Crippen molar-refractivity contribution in [1.29, 1.82) is 0 Å². The molecule has 0 radical (unpaired) electrons. The number of nitrogen functional groups attached to an aromatic ring is 1. The van der Waals surface area contributed by atoms with Crippen LogP contribution in [0.15, 0.2) is 18.2 Å². The Morgan fingerprint density at radius 3 is 2.80 bits per heavy atom. The molecule has 1 unspecified atom stereocenters. The minimum absolute atomic E-state index is 0.0197. The molecule has 2 rings (SSSR count). The largest absolute Gasteiger partial charge is 0.393 e. The van der Waals surface area contributed by atoms with Gasteiger partial charge >= 0.3 is 0 Å². The molecule has 1 aliphatic heterocycles. The molecule has 1 saturated heterocycles. The fraction of sp³-hybridized carbons (Fsp3) is 0.571. The molecule has 6 nitrogen and oxygen atoms in total. The van der Waals surface area contributed by atoms with Crippen molar-refractivity contribution in [3.8, 4) is 0 Å². The number of nitrogens with two attached hydrogens (primary N) is 1. The average Bonchev–Trinajstić information content (AvgIpc) is 2.59. The second-order valence-electron chi connectivity index (χ2n) is 5.37. The number of nitro benzene ring substituents is 1. The topological polar surface area (TPSA) is 75.6 Å². The van der Waals surface area contributed by atoms with E-state index >= 15 is 0 Å². The van der Waals surface area contributed by atoms with Crippen molar-refractivity contribution in [2.24, 2.45) is 0 Å². The molecule has 20 heavy (non-hydrogen) atoms. The van der Waals surface area contributed by atoms with E-state index in [1.54, 1.807) is 6.07 Å². The lowest BCUT2D eigenvalue weighted by Gasteiger charge is -2.32. The lowest BCUT2D eigenvalue weighted by molar-refractivity contribution is -0.383. The quantitative estimate of drug-likeness (QED) is 0.520. The predicted molar refractivity (Wildman–Crippen MR) is 81.0 cm³/mol. The van der Waals surface area contributed by atoms with E-state index in [0.717, 1.165) is 38.2 Å². The van der Waals surface area contributed by atoms with Crippen LogP contribution in [0.25, 0.3) is 0 Å². The monoisotopic (exact) mass is 278 g/mol. The summed E-state index contributed by atoms with van der Waals surface area (Å²) in [4.78, 5) is 15.1. The second-order valence-corrected chi connectivity index (χ2v) is 5.37. The number of hydrogen-bond donors (Lipinski definition) is 1. The van der Waals surface area contributed by atoms with Crippen LogP contribution in [0, 0.1) is 10.1 Å². The van der Waals surface area contributed by atoms with Crippen LogP contribution in [0.1, 0.15) is 19.8 Å². The molecule has 6 heteroatoms. The summed E-state index contributed by atoms with van der Waals surface area (Å²) in [5.41, 5.74) is 7.00. The Kier molecular flexibility index (Phi) is 4.44. The number of rotatable bonds is 3. The first kappa shape index (κ1) is 14.6. The minimum atomic E-state index is -0.438.